The lowest BCUT2D eigenvalue weighted by Crippen LogP contribution is -2.49. The lowest BCUT2D eigenvalue weighted by molar-refractivity contribution is -0.118. The van der Waals surface area contributed by atoms with Crippen molar-refractivity contribution in [2.45, 2.75) is 52.2 Å². The quantitative estimate of drug-likeness (QED) is 0.292. The number of carbonyl (C=O) groups is 2. The van der Waals surface area contributed by atoms with E-state index in [1.165, 1.54) is 0 Å². The molecule has 39 heavy (non-hydrogen) atoms. The second-order valence-electron chi connectivity index (χ2n) is 10.4. The molecule has 7 nitrogen and oxygen atoms in total. The van der Waals surface area contributed by atoms with Crippen LogP contribution in [0.3, 0.4) is 0 Å². The van der Waals surface area contributed by atoms with Crippen LogP contribution in [0.2, 0.25) is 0 Å². The molecule has 1 aromatic heterocycles. The minimum absolute atomic E-state index is 0.361. The van der Waals surface area contributed by atoms with Gasteiger partial charge in [-0.3, -0.25) is 4.79 Å². The molecule has 0 aliphatic heterocycles. The normalized spacial score (nSPS) is 12.1. The molecule has 3 aromatic carbocycles. The third-order valence-corrected chi connectivity index (χ3v) is 6.12. The zero-order valence-electron chi connectivity index (χ0n) is 22.9. The van der Waals surface area contributed by atoms with Gasteiger partial charge in [-0.25, -0.2) is 14.8 Å². The molecule has 0 radical (unpaired) electrons. The Balaban J connectivity index is 1.66. The van der Waals surface area contributed by atoms with Gasteiger partial charge in [0.2, 0.25) is 5.91 Å². The summed E-state index contributed by atoms with van der Waals surface area (Å²) in [6.07, 6.45) is 1.14. The van der Waals surface area contributed by atoms with Gasteiger partial charge in [0.1, 0.15) is 17.5 Å². The van der Waals surface area contributed by atoms with Crippen molar-refractivity contribution in [1.82, 2.24) is 15.3 Å². The first-order valence-corrected chi connectivity index (χ1v) is 12.9. The molecule has 7 heteroatoms. The average Bonchev–Trinajstić information content (AvgIpc) is 2.90. The van der Waals surface area contributed by atoms with Crippen molar-refractivity contribution in [2.24, 2.45) is 0 Å². The SMILES string of the molecule is Cc1ncc(C)c(-c2ccc(NC(=O)[C@@H](NC(=O)OC(C)(C)C)C(c3ccccc3)c3ccccc3)cc2)n1. The largest absolute Gasteiger partial charge is 0.444 e. The van der Waals surface area contributed by atoms with Crippen molar-refractivity contribution in [1.29, 1.82) is 0 Å². The van der Waals surface area contributed by atoms with E-state index in [4.69, 9.17) is 4.74 Å². The minimum atomic E-state index is -0.948. The fourth-order valence-corrected chi connectivity index (χ4v) is 4.39. The van der Waals surface area contributed by atoms with Crippen molar-refractivity contribution < 1.29 is 14.3 Å². The fourth-order valence-electron chi connectivity index (χ4n) is 4.39. The highest BCUT2D eigenvalue weighted by Crippen LogP contribution is 2.30. The Morgan fingerprint density at radius 2 is 1.38 bits per heavy atom. The number of hydrogen-bond acceptors (Lipinski definition) is 5. The summed E-state index contributed by atoms with van der Waals surface area (Å²) < 4.78 is 5.53. The summed E-state index contributed by atoms with van der Waals surface area (Å²) in [6, 6.07) is 25.9. The molecule has 0 bridgehead atoms. The predicted molar refractivity (Wildman–Crippen MR) is 153 cm³/mol. The highest BCUT2D eigenvalue weighted by Gasteiger charge is 2.34. The molecule has 1 atom stereocenters. The van der Waals surface area contributed by atoms with Gasteiger partial charge < -0.3 is 15.4 Å². The van der Waals surface area contributed by atoms with Gasteiger partial charge in [-0.1, -0.05) is 72.8 Å². The molecule has 0 saturated heterocycles. The smallest absolute Gasteiger partial charge is 0.408 e. The highest BCUT2D eigenvalue weighted by molar-refractivity contribution is 5.98. The van der Waals surface area contributed by atoms with Crippen LogP contribution in [0.15, 0.2) is 91.1 Å². The monoisotopic (exact) mass is 522 g/mol. The van der Waals surface area contributed by atoms with Crippen LogP contribution in [0.4, 0.5) is 10.5 Å². The molecule has 0 unspecified atom stereocenters. The van der Waals surface area contributed by atoms with Gasteiger partial charge in [0.05, 0.1) is 5.69 Å². The molecule has 2 N–H and O–H groups in total. The molecular weight excluding hydrogens is 488 g/mol. The molecule has 200 valence electrons. The number of aryl methyl sites for hydroxylation is 2. The van der Waals surface area contributed by atoms with Crippen LogP contribution in [0.25, 0.3) is 11.3 Å². The van der Waals surface area contributed by atoms with Crippen molar-refractivity contribution in [3.63, 3.8) is 0 Å². The Morgan fingerprint density at radius 3 is 1.92 bits per heavy atom. The van der Waals surface area contributed by atoms with Gasteiger partial charge in [-0.05, 0) is 63.4 Å². The van der Waals surface area contributed by atoms with Crippen molar-refractivity contribution >= 4 is 17.7 Å². The summed E-state index contributed by atoms with van der Waals surface area (Å²) >= 11 is 0. The standard InChI is InChI=1S/C32H34N4O3/c1-21-20-33-22(2)34-28(21)25-16-18-26(19-17-25)35-30(37)29(36-31(38)39-32(3,4)5)27(23-12-8-6-9-13-23)24-14-10-7-11-15-24/h6-20,27,29H,1-5H3,(H,35,37)(H,36,38)/t29-/m0/s1. The summed E-state index contributed by atoms with van der Waals surface area (Å²) in [5, 5.41) is 5.84. The van der Waals surface area contributed by atoms with Crippen molar-refractivity contribution in [3.8, 4) is 11.3 Å². The van der Waals surface area contributed by atoms with Gasteiger partial charge in [-0.15, -0.1) is 0 Å². The Hall–Kier alpha value is -4.52. The molecule has 1 heterocycles. The number of alkyl carbamates (subject to hydrolysis) is 1. The molecule has 0 spiro atoms. The number of nitrogens with zero attached hydrogens (tertiary/aromatic N) is 2. The first kappa shape index (κ1) is 27.5. The van der Waals surface area contributed by atoms with E-state index in [1.54, 1.807) is 27.0 Å². The number of anilines is 1. The van der Waals surface area contributed by atoms with Gasteiger partial charge in [-0.2, -0.15) is 0 Å². The van der Waals surface area contributed by atoms with Crippen LogP contribution in [0.1, 0.15) is 49.2 Å². The summed E-state index contributed by atoms with van der Waals surface area (Å²) in [6.45, 7) is 9.18. The molecule has 0 saturated carbocycles. The zero-order valence-corrected chi connectivity index (χ0v) is 22.9. The van der Waals surface area contributed by atoms with Crippen LogP contribution < -0.4 is 10.6 Å². The third-order valence-electron chi connectivity index (χ3n) is 6.12. The number of carbonyl (C=O) groups excluding carboxylic acids is 2. The molecule has 0 fully saturated rings. The van der Waals surface area contributed by atoms with E-state index in [0.717, 1.165) is 27.9 Å². The minimum Gasteiger partial charge on any atom is -0.444 e. The molecule has 0 aliphatic rings. The summed E-state index contributed by atoms with van der Waals surface area (Å²) in [5.74, 6) is -0.122. The number of benzene rings is 3. The van der Waals surface area contributed by atoms with E-state index in [-0.39, 0.29) is 5.91 Å². The fraction of sp³-hybridized carbons (Fsp3) is 0.250. The van der Waals surface area contributed by atoms with Crippen molar-refractivity contribution in [2.75, 3.05) is 5.32 Å². The van der Waals surface area contributed by atoms with Crippen LogP contribution >= 0.6 is 0 Å². The topological polar surface area (TPSA) is 93.2 Å². The maximum absolute atomic E-state index is 13.9. The molecule has 0 aliphatic carbocycles. The number of hydrogen-bond donors (Lipinski definition) is 2. The lowest BCUT2D eigenvalue weighted by atomic mass is 9.84. The van der Waals surface area contributed by atoms with E-state index in [0.29, 0.717) is 11.5 Å². The lowest BCUT2D eigenvalue weighted by Gasteiger charge is -2.29. The van der Waals surface area contributed by atoms with E-state index in [1.807, 2.05) is 98.8 Å². The van der Waals surface area contributed by atoms with Gasteiger partial charge >= 0.3 is 6.09 Å². The Labute approximate surface area is 229 Å². The van der Waals surface area contributed by atoms with Crippen LogP contribution in [0, 0.1) is 13.8 Å². The molecular formula is C32H34N4O3. The summed E-state index contributed by atoms with van der Waals surface area (Å²) in [4.78, 5) is 35.6. The second kappa shape index (κ2) is 11.9. The zero-order chi connectivity index (χ0) is 28.0. The van der Waals surface area contributed by atoms with E-state index >= 15 is 0 Å². The Morgan fingerprint density at radius 1 is 0.821 bits per heavy atom. The van der Waals surface area contributed by atoms with E-state index in [9.17, 15) is 9.59 Å². The Kier molecular flexibility index (Phi) is 8.39. The van der Waals surface area contributed by atoms with E-state index < -0.39 is 23.7 Å². The van der Waals surface area contributed by atoms with Gasteiger partial charge in [0, 0.05) is 23.4 Å². The molecule has 2 amide bonds. The number of amides is 2. The number of nitrogens with one attached hydrogen (secondary N) is 2. The summed E-state index contributed by atoms with van der Waals surface area (Å²) in [5.41, 5.74) is 4.40. The van der Waals surface area contributed by atoms with Crippen LogP contribution in [-0.4, -0.2) is 33.6 Å². The predicted octanol–water partition coefficient (Wildman–Crippen LogP) is 6.42. The van der Waals surface area contributed by atoms with Crippen LogP contribution in [-0.2, 0) is 9.53 Å². The van der Waals surface area contributed by atoms with Crippen LogP contribution in [0.5, 0.6) is 0 Å². The maximum Gasteiger partial charge on any atom is 0.408 e. The van der Waals surface area contributed by atoms with E-state index in [2.05, 4.69) is 20.6 Å². The average molecular weight is 523 g/mol. The molecule has 4 aromatic rings. The molecule has 4 rings (SSSR count). The number of rotatable bonds is 7. The number of ether oxygens (including phenoxy) is 1. The second-order valence-corrected chi connectivity index (χ2v) is 10.4. The summed E-state index contributed by atoms with van der Waals surface area (Å²) in [7, 11) is 0. The first-order chi connectivity index (χ1) is 18.6. The van der Waals surface area contributed by atoms with Gasteiger partial charge in [0.15, 0.2) is 0 Å². The highest BCUT2D eigenvalue weighted by atomic mass is 16.6. The third kappa shape index (κ3) is 7.29. The number of aromatic nitrogens is 2. The Bertz CT molecular complexity index is 1380. The maximum atomic E-state index is 13.9. The van der Waals surface area contributed by atoms with Crippen molar-refractivity contribution in [3.05, 3.63) is 114 Å². The van der Waals surface area contributed by atoms with Gasteiger partial charge in [0.25, 0.3) is 0 Å². The first-order valence-electron chi connectivity index (χ1n) is 12.9.